The SMILES string of the molecule is CCN(CC)c1nc(NN)nc(-n2cc(I)cn2)n1. The second-order valence-electron chi connectivity index (χ2n) is 3.68. The van der Waals surface area contributed by atoms with Crippen molar-refractivity contribution in [3.8, 4) is 5.95 Å². The van der Waals surface area contributed by atoms with Crippen LogP contribution in [0.1, 0.15) is 13.8 Å². The number of halogens is 1. The molecule has 0 saturated heterocycles. The van der Waals surface area contributed by atoms with Crippen molar-refractivity contribution in [3.05, 3.63) is 16.0 Å². The van der Waals surface area contributed by atoms with Gasteiger partial charge in [-0.2, -0.15) is 20.1 Å². The Labute approximate surface area is 124 Å². The van der Waals surface area contributed by atoms with Crippen LogP contribution in [-0.4, -0.2) is 37.8 Å². The van der Waals surface area contributed by atoms with E-state index in [4.69, 9.17) is 5.84 Å². The summed E-state index contributed by atoms with van der Waals surface area (Å²) in [5.41, 5.74) is 2.46. The predicted octanol–water partition coefficient (Wildman–Crippen LogP) is 0.794. The second kappa shape index (κ2) is 6.10. The maximum absolute atomic E-state index is 5.40. The summed E-state index contributed by atoms with van der Waals surface area (Å²) < 4.78 is 2.60. The number of hydrazine groups is 1. The van der Waals surface area contributed by atoms with Gasteiger partial charge >= 0.3 is 0 Å². The van der Waals surface area contributed by atoms with Gasteiger partial charge in [0.15, 0.2) is 0 Å². The molecule has 0 radical (unpaired) electrons. The molecule has 0 unspecified atom stereocenters. The van der Waals surface area contributed by atoms with E-state index in [0.717, 1.165) is 16.7 Å². The third-order valence-electron chi connectivity index (χ3n) is 2.54. The van der Waals surface area contributed by atoms with Gasteiger partial charge in [0.25, 0.3) is 5.95 Å². The standard InChI is InChI=1S/C10H15IN8/c1-3-18(4-2)9-14-8(17-12)15-10(16-9)19-6-7(11)5-13-19/h5-6H,3-4,12H2,1-2H3,(H,14,15,16,17). The summed E-state index contributed by atoms with van der Waals surface area (Å²) in [4.78, 5) is 14.9. The summed E-state index contributed by atoms with van der Waals surface area (Å²) in [6.45, 7) is 5.69. The zero-order valence-electron chi connectivity index (χ0n) is 10.7. The molecule has 0 fully saturated rings. The minimum Gasteiger partial charge on any atom is -0.341 e. The first-order valence-corrected chi connectivity index (χ1v) is 6.94. The Hall–Kier alpha value is -1.49. The van der Waals surface area contributed by atoms with Gasteiger partial charge in [0.05, 0.1) is 9.77 Å². The van der Waals surface area contributed by atoms with E-state index in [-0.39, 0.29) is 0 Å². The Morgan fingerprint density at radius 2 is 2.05 bits per heavy atom. The highest BCUT2D eigenvalue weighted by Gasteiger charge is 2.12. The molecule has 2 heterocycles. The Morgan fingerprint density at radius 1 is 1.32 bits per heavy atom. The van der Waals surface area contributed by atoms with Crippen molar-refractivity contribution >= 4 is 34.5 Å². The number of aromatic nitrogens is 5. The maximum atomic E-state index is 5.40. The molecule has 0 amide bonds. The van der Waals surface area contributed by atoms with Crippen molar-refractivity contribution in [3.63, 3.8) is 0 Å². The third kappa shape index (κ3) is 3.10. The van der Waals surface area contributed by atoms with Crippen molar-refractivity contribution in [2.45, 2.75) is 13.8 Å². The molecule has 0 atom stereocenters. The van der Waals surface area contributed by atoms with E-state index >= 15 is 0 Å². The van der Waals surface area contributed by atoms with Crippen molar-refractivity contribution < 1.29 is 0 Å². The highest BCUT2D eigenvalue weighted by Crippen LogP contribution is 2.13. The molecular weight excluding hydrogens is 359 g/mol. The van der Waals surface area contributed by atoms with Crippen LogP contribution in [-0.2, 0) is 0 Å². The number of anilines is 2. The van der Waals surface area contributed by atoms with Gasteiger partial charge in [0.2, 0.25) is 11.9 Å². The van der Waals surface area contributed by atoms with Gasteiger partial charge < -0.3 is 4.90 Å². The smallest absolute Gasteiger partial charge is 0.257 e. The quantitative estimate of drug-likeness (QED) is 0.454. The van der Waals surface area contributed by atoms with Crippen LogP contribution >= 0.6 is 22.6 Å². The highest BCUT2D eigenvalue weighted by atomic mass is 127. The molecular formula is C10H15IN8. The number of nitrogens with two attached hydrogens (primary N) is 1. The first-order valence-electron chi connectivity index (χ1n) is 5.86. The molecule has 0 aromatic carbocycles. The lowest BCUT2D eigenvalue weighted by Crippen LogP contribution is -2.26. The minimum absolute atomic E-state index is 0.317. The summed E-state index contributed by atoms with van der Waals surface area (Å²) in [7, 11) is 0. The number of nitrogen functional groups attached to an aromatic ring is 1. The number of hydrogen-bond donors (Lipinski definition) is 2. The molecule has 2 rings (SSSR count). The normalized spacial score (nSPS) is 10.5. The molecule has 102 valence electrons. The van der Waals surface area contributed by atoms with Crippen LogP contribution in [0, 0.1) is 3.57 Å². The van der Waals surface area contributed by atoms with E-state index in [9.17, 15) is 0 Å². The van der Waals surface area contributed by atoms with Crippen LogP contribution in [0.3, 0.4) is 0 Å². The fourth-order valence-electron chi connectivity index (χ4n) is 1.58. The lowest BCUT2D eigenvalue weighted by molar-refractivity contribution is 0.762. The molecule has 0 aliphatic carbocycles. The van der Waals surface area contributed by atoms with Crippen LogP contribution < -0.4 is 16.2 Å². The van der Waals surface area contributed by atoms with Gasteiger partial charge in [-0.15, -0.1) is 0 Å². The van der Waals surface area contributed by atoms with E-state index in [1.54, 1.807) is 10.9 Å². The van der Waals surface area contributed by atoms with Gasteiger partial charge in [-0.05, 0) is 36.4 Å². The molecule has 2 aromatic heterocycles. The predicted molar refractivity (Wildman–Crippen MR) is 81.0 cm³/mol. The molecule has 8 nitrogen and oxygen atoms in total. The maximum Gasteiger partial charge on any atom is 0.257 e. The van der Waals surface area contributed by atoms with Crippen molar-refractivity contribution in [2.24, 2.45) is 5.84 Å². The zero-order valence-corrected chi connectivity index (χ0v) is 12.9. The van der Waals surface area contributed by atoms with Crippen LogP contribution in [0.2, 0.25) is 0 Å². The fraction of sp³-hybridized carbons (Fsp3) is 0.400. The van der Waals surface area contributed by atoms with E-state index < -0.39 is 0 Å². The zero-order chi connectivity index (χ0) is 13.8. The first kappa shape index (κ1) is 13.9. The lowest BCUT2D eigenvalue weighted by atomic mass is 10.5. The molecule has 0 saturated carbocycles. The summed E-state index contributed by atoms with van der Waals surface area (Å²) in [6, 6.07) is 0. The van der Waals surface area contributed by atoms with Gasteiger partial charge in [-0.25, -0.2) is 10.5 Å². The fourth-order valence-corrected chi connectivity index (χ4v) is 1.97. The van der Waals surface area contributed by atoms with Crippen LogP contribution in [0.5, 0.6) is 0 Å². The van der Waals surface area contributed by atoms with E-state index in [1.165, 1.54) is 0 Å². The average molecular weight is 374 g/mol. The average Bonchev–Trinajstić information content (AvgIpc) is 2.86. The molecule has 0 spiro atoms. The Kier molecular flexibility index (Phi) is 4.47. The van der Waals surface area contributed by atoms with Crippen molar-refractivity contribution in [1.82, 2.24) is 24.7 Å². The molecule has 0 aliphatic rings. The summed E-state index contributed by atoms with van der Waals surface area (Å²) in [6.07, 6.45) is 3.57. The summed E-state index contributed by atoms with van der Waals surface area (Å²) >= 11 is 2.18. The van der Waals surface area contributed by atoms with Crippen molar-refractivity contribution in [1.29, 1.82) is 0 Å². The van der Waals surface area contributed by atoms with E-state index in [1.807, 2.05) is 24.9 Å². The molecule has 9 heteroatoms. The van der Waals surface area contributed by atoms with E-state index in [2.05, 4.69) is 48.1 Å². The number of rotatable bonds is 5. The van der Waals surface area contributed by atoms with Crippen LogP contribution in [0.15, 0.2) is 12.4 Å². The molecule has 2 aromatic rings. The first-order chi connectivity index (χ1) is 9.17. The van der Waals surface area contributed by atoms with Gasteiger partial charge in [-0.1, -0.05) is 0 Å². The van der Waals surface area contributed by atoms with Crippen LogP contribution in [0.25, 0.3) is 5.95 Å². The Bertz CT molecular complexity index is 550. The second-order valence-corrected chi connectivity index (χ2v) is 4.92. The third-order valence-corrected chi connectivity index (χ3v) is 3.10. The Balaban J connectivity index is 2.46. The monoisotopic (exact) mass is 374 g/mol. The molecule has 3 N–H and O–H groups in total. The van der Waals surface area contributed by atoms with Gasteiger partial charge in [0, 0.05) is 19.3 Å². The Morgan fingerprint density at radius 3 is 2.58 bits per heavy atom. The summed E-state index contributed by atoms with van der Waals surface area (Å²) in [5, 5.41) is 4.18. The van der Waals surface area contributed by atoms with Crippen molar-refractivity contribution in [2.75, 3.05) is 23.4 Å². The molecule has 0 bridgehead atoms. The highest BCUT2D eigenvalue weighted by molar-refractivity contribution is 14.1. The summed E-state index contributed by atoms with van der Waals surface area (Å²) in [5.74, 6) is 6.73. The van der Waals surface area contributed by atoms with Gasteiger partial charge in [0.1, 0.15) is 0 Å². The van der Waals surface area contributed by atoms with Crippen LogP contribution in [0.4, 0.5) is 11.9 Å². The number of nitrogens with one attached hydrogen (secondary N) is 1. The van der Waals surface area contributed by atoms with E-state index in [0.29, 0.717) is 17.8 Å². The lowest BCUT2D eigenvalue weighted by Gasteiger charge is -2.19. The van der Waals surface area contributed by atoms with Gasteiger partial charge in [-0.3, -0.25) is 5.43 Å². The number of hydrogen-bond acceptors (Lipinski definition) is 7. The number of nitrogens with zero attached hydrogens (tertiary/aromatic N) is 6. The largest absolute Gasteiger partial charge is 0.341 e. The molecule has 19 heavy (non-hydrogen) atoms. The minimum atomic E-state index is 0.317. The topological polar surface area (TPSA) is 97.8 Å². The molecule has 0 aliphatic heterocycles.